The Hall–Kier alpha value is -2.76. The summed E-state index contributed by atoms with van der Waals surface area (Å²) in [5.74, 6) is -0.619. The van der Waals surface area contributed by atoms with Gasteiger partial charge in [0, 0.05) is 0 Å². The highest BCUT2D eigenvalue weighted by Gasteiger charge is 2.17. The van der Waals surface area contributed by atoms with Crippen LogP contribution in [-0.4, -0.2) is 17.9 Å². The lowest BCUT2D eigenvalue weighted by Crippen LogP contribution is -2.46. The van der Waals surface area contributed by atoms with Crippen molar-refractivity contribution in [2.75, 3.05) is 5.43 Å². The Kier molecular flexibility index (Phi) is 4.39. The second kappa shape index (κ2) is 6.42. The molecule has 0 aliphatic carbocycles. The van der Waals surface area contributed by atoms with Crippen molar-refractivity contribution in [2.24, 2.45) is 0 Å². The summed E-state index contributed by atoms with van der Waals surface area (Å²) in [7, 11) is 0. The number of hydrogen-bond acceptors (Lipinski definition) is 4. The van der Waals surface area contributed by atoms with Gasteiger partial charge in [0.1, 0.15) is 6.04 Å². The largest absolute Gasteiger partial charge is 0.459 e. The lowest BCUT2D eigenvalue weighted by molar-refractivity contribution is -0.122. The van der Waals surface area contributed by atoms with E-state index in [2.05, 4.69) is 16.2 Å². The summed E-state index contributed by atoms with van der Waals surface area (Å²) in [6, 6.07) is 11.6. The van der Waals surface area contributed by atoms with Gasteiger partial charge in [-0.15, -0.1) is 0 Å². The van der Waals surface area contributed by atoms with Gasteiger partial charge in [-0.3, -0.25) is 20.4 Å². The molecule has 6 nitrogen and oxygen atoms in total. The summed E-state index contributed by atoms with van der Waals surface area (Å²) in [5, 5.41) is 2.53. The molecule has 1 aromatic heterocycles. The fraction of sp³-hybridized carbons (Fsp3) is 0.143. The van der Waals surface area contributed by atoms with Gasteiger partial charge in [-0.2, -0.15) is 0 Å². The van der Waals surface area contributed by atoms with Crippen molar-refractivity contribution in [3.63, 3.8) is 0 Å². The first-order valence-electron chi connectivity index (χ1n) is 6.12. The van der Waals surface area contributed by atoms with Crippen LogP contribution in [0.4, 0.5) is 5.69 Å². The fourth-order valence-corrected chi connectivity index (χ4v) is 1.50. The molecule has 0 aliphatic heterocycles. The number of carbonyl (C=O) groups is 2. The molecule has 1 unspecified atom stereocenters. The predicted octanol–water partition coefficient (Wildman–Crippen LogP) is 1.54. The third-order valence-electron chi connectivity index (χ3n) is 2.59. The van der Waals surface area contributed by atoms with Crippen molar-refractivity contribution in [3.8, 4) is 0 Å². The van der Waals surface area contributed by atoms with Gasteiger partial charge in [-0.1, -0.05) is 18.2 Å². The quantitative estimate of drug-likeness (QED) is 0.722. The van der Waals surface area contributed by atoms with Gasteiger partial charge in [-0.25, -0.2) is 0 Å². The third-order valence-corrected chi connectivity index (χ3v) is 2.59. The Bertz CT molecular complexity index is 567. The van der Waals surface area contributed by atoms with Crippen LogP contribution in [-0.2, 0) is 4.79 Å². The Balaban J connectivity index is 1.82. The van der Waals surface area contributed by atoms with Crippen LogP contribution in [0.3, 0.4) is 0 Å². The van der Waals surface area contributed by atoms with Crippen LogP contribution in [0.25, 0.3) is 0 Å². The second-order valence-electron chi connectivity index (χ2n) is 4.15. The Morgan fingerprint density at radius 3 is 2.50 bits per heavy atom. The van der Waals surface area contributed by atoms with E-state index in [1.165, 1.54) is 12.3 Å². The van der Waals surface area contributed by atoms with E-state index in [1.807, 2.05) is 30.3 Å². The molecule has 0 aliphatic rings. The normalized spacial score (nSPS) is 11.4. The molecule has 6 heteroatoms. The molecule has 2 rings (SSSR count). The molecule has 0 saturated carbocycles. The average Bonchev–Trinajstić information content (AvgIpc) is 3.00. The van der Waals surface area contributed by atoms with Crippen molar-refractivity contribution in [1.29, 1.82) is 0 Å². The molecule has 104 valence electrons. The molecule has 0 spiro atoms. The van der Waals surface area contributed by atoms with Crippen LogP contribution in [0.1, 0.15) is 17.5 Å². The van der Waals surface area contributed by atoms with Gasteiger partial charge in [0.15, 0.2) is 5.76 Å². The number of hydrazine groups is 1. The number of nitrogens with one attached hydrogen (secondary N) is 3. The van der Waals surface area contributed by atoms with Crippen LogP contribution in [0.15, 0.2) is 53.1 Å². The van der Waals surface area contributed by atoms with E-state index in [0.29, 0.717) is 0 Å². The zero-order chi connectivity index (χ0) is 14.4. The van der Waals surface area contributed by atoms with Gasteiger partial charge >= 0.3 is 0 Å². The standard InChI is InChI=1S/C14H15N3O3/c1-10(15-14(19)12-8-5-9-20-12)13(18)17-16-11-6-3-2-4-7-11/h2-10,16H,1H3,(H,15,19)(H,17,18). The maximum atomic E-state index is 11.8. The van der Waals surface area contributed by atoms with Crippen molar-refractivity contribution >= 4 is 17.5 Å². The molecule has 0 bridgehead atoms. The molecule has 3 N–H and O–H groups in total. The minimum atomic E-state index is -0.691. The maximum absolute atomic E-state index is 11.8. The van der Waals surface area contributed by atoms with Crippen molar-refractivity contribution < 1.29 is 14.0 Å². The highest BCUT2D eigenvalue weighted by atomic mass is 16.3. The summed E-state index contributed by atoms with van der Waals surface area (Å²) < 4.78 is 4.95. The minimum Gasteiger partial charge on any atom is -0.459 e. The van der Waals surface area contributed by atoms with E-state index < -0.39 is 11.9 Å². The number of benzene rings is 1. The number of hydrogen-bond donors (Lipinski definition) is 3. The van der Waals surface area contributed by atoms with Crippen molar-refractivity contribution in [1.82, 2.24) is 10.7 Å². The molecule has 0 fully saturated rings. The molecule has 1 atom stereocenters. The predicted molar refractivity (Wildman–Crippen MR) is 73.8 cm³/mol. The lowest BCUT2D eigenvalue weighted by Gasteiger charge is -2.14. The monoisotopic (exact) mass is 273 g/mol. The van der Waals surface area contributed by atoms with Gasteiger partial charge in [0.25, 0.3) is 11.8 Å². The average molecular weight is 273 g/mol. The van der Waals surface area contributed by atoms with Gasteiger partial charge in [0.05, 0.1) is 12.0 Å². The third kappa shape index (κ3) is 3.61. The van der Waals surface area contributed by atoms with E-state index in [4.69, 9.17) is 4.42 Å². The van der Waals surface area contributed by atoms with E-state index >= 15 is 0 Å². The molecule has 2 amide bonds. The smallest absolute Gasteiger partial charge is 0.287 e. The summed E-state index contributed by atoms with van der Waals surface area (Å²) in [6.45, 7) is 1.59. The first-order chi connectivity index (χ1) is 9.66. The highest BCUT2D eigenvalue weighted by molar-refractivity contribution is 5.95. The first kappa shape index (κ1) is 13.7. The Labute approximate surface area is 116 Å². The Morgan fingerprint density at radius 2 is 1.85 bits per heavy atom. The number of para-hydroxylation sites is 1. The lowest BCUT2D eigenvalue weighted by atomic mass is 10.3. The van der Waals surface area contributed by atoms with E-state index in [9.17, 15) is 9.59 Å². The van der Waals surface area contributed by atoms with Gasteiger partial charge in [0.2, 0.25) is 0 Å². The summed E-state index contributed by atoms with van der Waals surface area (Å²) in [5.41, 5.74) is 6.03. The maximum Gasteiger partial charge on any atom is 0.287 e. The van der Waals surface area contributed by atoms with Crippen LogP contribution in [0.5, 0.6) is 0 Å². The summed E-state index contributed by atoms with van der Waals surface area (Å²) in [4.78, 5) is 23.5. The van der Waals surface area contributed by atoms with E-state index in [0.717, 1.165) is 5.69 Å². The number of amides is 2. The molecule has 2 aromatic rings. The molecule has 1 aromatic carbocycles. The summed E-state index contributed by atoms with van der Waals surface area (Å²) >= 11 is 0. The Morgan fingerprint density at radius 1 is 1.10 bits per heavy atom. The number of carbonyl (C=O) groups excluding carboxylic acids is 2. The zero-order valence-corrected chi connectivity index (χ0v) is 10.9. The number of anilines is 1. The second-order valence-corrected chi connectivity index (χ2v) is 4.15. The number of furan rings is 1. The van der Waals surface area contributed by atoms with Crippen molar-refractivity contribution in [3.05, 3.63) is 54.5 Å². The zero-order valence-electron chi connectivity index (χ0n) is 10.9. The van der Waals surface area contributed by atoms with Crippen LogP contribution in [0, 0.1) is 0 Å². The fourth-order valence-electron chi connectivity index (χ4n) is 1.50. The van der Waals surface area contributed by atoms with E-state index in [-0.39, 0.29) is 11.7 Å². The van der Waals surface area contributed by atoms with E-state index in [1.54, 1.807) is 13.0 Å². The molecule has 0 saturated heterocycles. The van der Waals surface area contributed by atoms with Crippen molar-refractivity contribution in [2.45, 2.75) is 13.0 Å². The van der Waals surface area contributed by atoms with Gasteiger partial charge < -0.3 is 9.73 Å². The SMILES string of the molecule is CC(NC(=O)c1ccco1)C(=O)NNc1ccccc1. The topological polar surface area (TPSA) is 83.4 Å². The molecular formula is C14H15N3O3. The molecule has 0 radical (unpaired) electrons. The first-order valence-corrected chi connectivity index (χ1v) is 6.12. The minimum absolute atomic E-state index is 0.167. The molecular weight excluding hydrogens is 258 g/mol. The highest BCUT2D eigenvalue weighted by Crippen LogP contribution is 2.03. The van der Waals surface area contributed by atoms with Crippen LogP contribution >= 0.6 is 0 Å². The van der Waals surface area contributed by atoms with Crippen LogP contribution < -0.4 is 16.2 Å². The van der Waals surface area contributed by atoms with Gasteiger partial charge in [-0.05, 0) is 31.2 Å². The molecule has 1 heterocycles. The summed E-state index contributed by atoms with van der Waals surface area (Å²) in [6.07, 6.45) is 1.40. The number of rotatable bonds is 5. The molecule has 20 heavy (non-hydrogen) atoms. The van der Waals surface area contributed by atoms with Crippen LogP contribution in [0.2, 0.25) is 0 Å².